The highest BCUT2D eigenvalue weighted by molar-refractivity contribution is 6.74. The zero-order valence-corrected chi connectivity index (χ0v) is 32.9. The Morgan fingerprint density at radius 1 is 0.840 bits per heavy atom. The summed E-state index contributed by atoms with van der Waals surface area (Å²) in [5.74, 6) is -0.878. The van der Waals surface area contributed by atoms with E-state index in [0.717, 1.165) is 30.8 Å². The number of amides is 3. The highest BCUT2D eigenvalue weighted by Gasteiger charge is 2.37. The molecule has 3 rings (SSSR count). The molecule has 2 N–H and O–H groups in total. The minimum absolute atomic E-state index is 0.0378. The molecule has 1 aliphatic heterocycles. The largest absolute Gasteiger partial charge is 0.456 e. The van der Waals surface area contributed by atoms with Crippen LogP contribution in [0.2, 0.25) is 18.1 Å². The van der Waals surface area contributed by atoms with E-state index in [-0.39, 0.29) is 17.4 Å². The Morgan fingerprint density at radius 2 is 1.44 bits per heavy atom. The number of nitrogens with zero attached hydrogens (tertiary/aromatic N) is 2. The molecule has 1 heterocycles. The minimum Gasteiger partial charge on any atom is -0.456 e. The van der Waals surface area contributed by atoms with Gasteiger partial charge in [0.15, 0.2) is 8.32 Å². The Labute approximate surface area is 299 Å². The van der Waals surface area contributed by atoms with E-state index in [1.807, 2.05) is 24.3 Å². The van der Waals surface area contributed by atoms with Crippen molar-refractivity contribution in [1.82, 2.24) is 10.2 Å². The van der Waals surface area contributed by atoms with Crippen molar-refractivity contribution in [2.24, 2.45) is 0 Å². The molecule has 12 heteroatoms. The third-order valence-electron chi connectivity index (χ3n) is 8.67. The van der Waals surface area contributed by atoms with Crippen LogP contribution in [0.5, 0.6) is 0 Å². The average Bonchev–Trinajstić information content (AvgIpc) is 2.97. The van der Waals surface area contributed by atoms with Crippen LogP contribution in [-0.4, -0.2) is 87.1 Å². The zero-order chi connectivity index (χ0) is 37.5. The Hall–Kier alpha value is -3.74. The maximum absolute atomic E-state index is 13.5. The van der Waals surface area contributed by atoms with E-state index in [1.54, 1.807) is 70.7 Å². The van der Waals surface area contributed by atoms with Gasteiger partial charge in [0, 0.05) is 44.0 Å². The summed E-state index contributed by atoms with van der Waals surface area (Å²) in [5.41, 5.74) is 0.999. The van der Waals surface area contributed by atoms with E-state index < -0.39 is 43.5 Å². The van der Waals surface area contributed by atoms with Crippen molar-refractivity contribution in [3.05, 3.63) is 59.7 Å². The fourth-order valence-electron chi connectivity index (χ4n) is 4.98. The summed E-state index contributed by atoms with van der Waals surface area (Å²) in [7, 11) is -1.79. The van der Waals surface area contributed by atoms with Gasteiger partial charge in [-0.3, -0.25) is 14.5 Å². The van der Waals surface area contributed by atoms with Crippen LogP contribution in [-0.2, 0) is 29.9 Å². The smallest absolute Gasteiger partial charge is 0.408 e. The summed E-state index contributed by atoms with van der Waals surface area (Å²) in [6.45, 7) is 25.1. The number of carbonyl (C=O) groups is 4. The number of rotatable bonds is 12. The number of ether oxygens (including phenoxy) is 2. The second-order valence-electron chi connectivity index (χ2n) is 16.4. The van der Waals surface area contributed by atoms with Gasteiger partial charge in [-0.05, 0) is 108 Å². The molecular formula is C38H58N4O7Si. The summed E-state index contributed by atoms with van der Waals surface area (Å²) in [6, 6.07) is 12.9. The SMILES string of the molecule is CC(C)(C)OC(=O)N[C@@H](Cc1ccc(N2CCN(CCCO[Si](C)(C)C(C)(C)C)CC2=O)cc1)C(=O)Nc1ccc(C(=O)OC(C)(C)C)cc1. The van der Waals surface area contributed by atoms with Crippen LogP contribution < -0.4 is 15.5 Å². The number of alkyl carbamates (subject to hydrolysis) is 1. The van der Waals surface area contributed by atoms with Crippen LogP contribution >= 0.6 is 0 Å². The number of esters is 1. The lowest BCUT2D eigenvalue weighted by atomic mass is 10.0. The van der Waals surface area contributed by atoms with E-state index >= 15 is 0 Å². The number of carbonyl (C=O) groups excluding carboxylic acids is 4. The number of hydrogen-bond donors (Lipinski definition) is 2. The van der Waals surface area contributed by atoms with E-state index in [1.165, 1.54) is 0 Å². The molecule has 11 nitrogen and oxygen atoms in total. The van der Waals surface area contributed by atoms with Crippen LogP contribution in [0.25, 0.3) is 0 Å². The molecule has 50 heavy (non-hydrogen) atoms. The molecule has 276 valence electrons. The first-order valence-corrected chi connectivity index (χ1v) is 20.3. The zero-order valence-electron chi connectivity index (χ0n) is 31.9. The highest BCUT2D eigenvalue weighted by Crippen LogP contribution is 2.36. The first-order chi connectivity index (χ1) is 23.0. The van der Waals surface area contributed by atoms with Gasteiger partial charge in [-0.2, -0.15) is 0 Å². The van der Waals surface area contributed by atoms with Gasteiger partial charge in [0.05, 0.1) is 12.1 Å². The third kappa shape index (κ3) is 12.9. The summed E-state index contributed by atoms with van der Waals surface area (Å²) in [6.07, 6.45) is 0.349. The molecule has 1 fully saturated rings. The first kappa shape index (κ1) is 40.7. The Bertz CT molecular complexity index is 1470. The van der Waals surface area contributed by atoms with Crippen molar-refractivity contribution in [2.45, 2.75) is 111 Å². The predicted octanol–water partition coefficient (Wildman–Crippen LogP) is 6.78. The van der Waals surface area contributed by atoms with E-state index in [9.17, 15) is 19.2 Å². The lowest BCUT2D eigenvalue weighted by Crippen LogP contribution is -2.51. The fraction of sp³-hybridized carbons (Fsp3) is 0.579. The van der Waals surface area contributed by atoms with Gasteiger partial charge < -0.3 is 29.4 Å². The number of hydrogen-bond acceptors (Lipinski definition) is 8. The molecule has 1 saturated heterocycles. The Morgan fingerprint density at radius 3 is 1.98 bits per heavy atom. The van der Waals surface area contributed by atoms with Gasteiger partial charge in [0.1, 0.15) is 17.2 Å². The molecule has 2 aromatic rings. The number of benzene rings is 2. The van der Waals surface area contributed by atoms with E-state index in [4.69, 9.17) is 13.9 Å². The van der Waals surface area contributed by atoms with Gasteiger partial charge in [-0.1, -0.05) is 32.9 Å². The lowest BCUT2D eigenvalue weighted by Gasteiger charge is -2.37. The second kappa shape index (κ2) is 16.5. The van der Waals surface area contributed by atoms with Crippen LogP contribution in [0.15, 0.2) is 48.5 Å². The van der Waals surface area contributed by atoms with Crippen LogP contribution in [0.4, 0.5) is 16.2 Å². The minimum atomic E-state index is -1.79. The average molecular weight is 711 g/mol. The van der Waals surface area contributed by atoms with Gasteiger partial charge in [-0.25, -0.2) is 9.59 Å². The molecule has 0 aliphatic carbocycles. The molecule has 1 atom stereocenters. The molecule has 0 aromatic heterocycles. The van der Waals surface area contributed by atoms with Crippen molar-refractivity contribution in [3.63, 3.8) is 0 Å². The van der Waals surface area contributed by atoms with Crippen LogP contribution in [0.1, 0.15) is 84.7 Å². The van der Waals surface area contributed by atoms with Crippen LogP contribution in [0, 0.1) is 0 Å². The van der Waals surface area contributed by atoms with Crippen molar-refractivity contribution in [1.29, 1.82) is 0 Å². The summed E-state index contributed by atoms with van der Waals surface area (Å²) in [4.78, 5) is 55.7. The fourth-order valence-corrected chi connectivity index (χ4v) is 6.07. The molecule has 0 radical (unpaired) electrons. The van der Waals surface area contributed by atoms with Gasteiger partial charge in [0.25, 0.3) is 0 Å². The summed E-state index contributed by atoms with van der Waals surface area (Å²) >= 11 is 0. The molecular weight excluding hydrogens is 653 g/mol. The number of anilines is 2. The topological polar surface area (TPSA) is 127 Å². The Kier molecular flexibility index (Phi) is 13.4. The predicted molar refractivity (Wildman–Crippen MR) is 200 cm³/mol. The number of piperazine rings is 1. The summed E-state index contributed by atoms with van der Waals surface area (Å²) < 4.78 is 17.1. The maximum atomic E-state index is 13.5. The van der Waals surface area contributed by atoms with Crippen molar-refractivity contribution >= 4 is 43.6 Å². The maximum Gasteiger partial charge on any atom is 0.408 e. The molecule has 0 saturated carbocycles. The standard InChI is InChI=1S/C38H58N4O7Si/c1-36(2,3)48-34(45)28-15-17-29(18-16-28)39-33(44)31(40-35(46)49-37(4,5)6)25-27-13-19-30(20-14-27)42-23-22-41(26-32(42)43)21-12-24-47-50(10,11)38(7,8)9/h13-20,31H,12,21-26H2,1-11H3,(H,39,44)(H,40,46)/t31-/m0/s1. The molecule has 0 spiro atoms. The van der Waals surface area contributed by atoms with Gasteiger partial charge in [-0.15, -0.1) is 0 Å². The van der Waals surface area contributed by atoms with Crippen LogP contribution in [0.3, 0.4) is 0 Å². The number of nitrogens with one attached hydrogen (secondary N) is 2. The molecule has 0 unspecified atom stereocenters. The normalized spacial score (nSPS) is 15.3. The van der Waals surface area contributed by atoms with Gasteiger partial charge in [0.2, 0.25) is 11.8 Å². The second-order valence-corrected chi connectivity index (χ2v) is 21.2. The Balaban J connectivity index is 1.62. The summed E-state index contributed by atoms with van der Waals surface area (Å²) in [5, 5.41) is 5.70. The first-order valence-electron chi connectivity index (χ1n) is 17.4. The molecule has 3 amide bonds. The van der Waals surface area contributed by atoms with Crippen molar-refractivity contribution < 1.29 is 33.1 Å². The third-order valence-corrected chi connectivity index (χ3v) is 13.2. The quantitative estimate of drug-likeness (QED) is 0.140. The molecule has 1 aliphatic rings. The van der Waals surface area contributed by atoms with Crippen molar-refractivity contribution in [2.75, 3.05) is 43.0 Å². The monoisotopic (exact) mass is 710 g/mol. The molecule has 0 bridgehead atoms. The molecule has 2 aromatic carbocycles. The highest BCUT2D eigenvalue weighted by atomic mass is 28.4. The van der Waals surface area contributed by atoms with E-state index in [2.05, 4.69) is 49.4 Å². The van der Waals surface area contributed by atoms with Crippen molar-refractivity contribution in [3.8, 4) is 0 Å². The van der Waals surface area contributed by atoms with Gasteiger partial charge >= 0.3 is 12.1 Å². The van der Waals surface area contributed by atoms with E-state index in [0.29, 0.717) is 30.9 Å². The lowest BCUT2D eigenvalue weighted by molar-refractivity contribution is -0.121.